The van der Waals surface area contributed by atoms with Crippen molar-refractivity contribution in [2.75, 3.05) is 38.1 Å². The summed E-state index contributed by atoms with van der Waals surface area (Å²) >= 11 is 0. The van der Waals surface area contributed by atoms with Gasteiger partial charge in [-0.25, -0.2) is 12.8 Å². The van der Waals surface area contributed by atoms with Crippen LogP contribution in [0.3, 0.4) is 0 Å². The second-order valence-corrected chi connectivity index (χ2v) is 14.2. The molecule has 0 saturated heterocycles. The van der Waals surface area contributed by atoms with E-state index in [1.165, 1.54) is 17.0 Å². The third-order valence-electron chi connectivity index (χ3n) is 8.51. The van der Waals surface area contributed by atoms with Gasteiger partial charge in [0.05, 0.1) is 41.7 Å². The molecule has 0 aliphatic carbocycles. The van der Waals surface area contributed by atoms with Gasteiger partial charge in [-0.15, -0.1) is 0 Å². The van der Waals surface area contributed by atoms with Gasteiger partial charge < -0.3 is 24.4 Å². The first-order chi connectivity index (χ1) is 22.9. The Balaban J connectivity index is 1.63. The van der Waals surface area contributed by atoms with Crippen LogP contribution in [0.15, 0.2) is 77.7 Å². The predicted octanol–water partition coefficient (Wildman–Crippen LogP) is 5.12. The third kappa shape index (κ3) is 10.0. The Hall–Kier alpha value is -4.00. The van der Waals surface area contributed by atoms with Crippen molar-refractivity contribution in [2.24, 2.45) is 5.92 Å². The van der Waals surface area contributed by atoms with Crippen molar-refractivity contribution in [3.05, 3.63) is 89.7 Å². The molecule has 48 heavy (non-hydrogen) atoms. The second kappa shape index (κ2) is 16.9. The van der Waals surface area contributed by atoms with Crippen LogP contribution in [0.25, 0.3) is 0 Å². The van der Waals surface area contributed by atoms with Crippen LogP contribution in [0.2, 0.25) is 0 Å². The number of hydrogen-bond acceptors (Lipinski definition) is 7. The number of rotatable bonds is 9. The molecule has 0 saturated carbocycles. The van der Waals surface area contributed by atoms with E-state index in [1.807, 2.05) is 44.2 Å². The van der Waals surface area contributed by atoms with Gasteiger partial charge in [0.1, 0.15) is 11.6 Å². The van der Waals surface area contributed by atoms with Crippen LogP contribution in [0, 0.1) is 11.7 Å². The van der Waals surface area contributed by atoms with Crippen LogP contribution in [0.4, 0.5) is 10.1 Å². The van der Waals surface area contributed by atoms with Crippen LogP contribution < -0.4 is 9.46 Å². The van der Waals surface area contributed by atoms with Gasteiger partial charge in [0.2, 0.25) is 5.91 Å². The molecule has 4 rings (SSSR count). The minimum absolute atomic E-state index is 0.0522. The molecule has 260 valence electrons. The molecule has 2 amide bonds. The maximum Gasteiger partial charge on any atom is 0.261 e. The molecule has 2 N–H and O–H groups in total. The van der Waals surface area contributed by atoms with Crippen LogP contribution in [-0.2, 0) is 26.0 Å². The van der Waals surface area contributed by atoms with Crippen LogP contribution >= 0.6 is 0 Å². The van der Waals surface area contributed by atoms with Crippen LogP contribution in [-0.4, -0.2) is 86.7 Å². The zero-order valence-corrected chi connectivity index (χ0v) is 28.8. The van der Waals surface area contributed by atoms with E-state index in [0.29, 0.717) is 19.6 Å². The number of anilines is 1. The molecular weight excluding hydrogens is 637 g/mol. The quantitative estimate of drug-likeness (QED) is 0.321. The summed E-state index contributed by atoms with van der Waals surface area (Å²) in [6, 6.07) is 17.8. The summed E-state index contributed by atoms with van der Waals surface area (Å²) in [6.45, 7) is 6.23. The van der Waals surface area contributed by atoms with Gasteiger partial charge in [-0.05, 0) is 81.1 Å². The maximum absolute atomic E-state index is 14.3. The molecule has 3 aromatic rings. The fourth-order valence-electron chi connectivity index (χ4n) is 5.55. The van der Waals surface area contributed by atoms with Gasteiger partial charge in [0, 0.05) is 38.3 Å². The first kappa shape index (κ1) is 36.8. The Labute approximate surface area is 282 Å². The molecule has 0 fully saturated rings. The molecular formula is C36H46FN3O7S. The van der Waals surface area contributed by atoms with Crippen molar-refractivity contribution < 1.29 is 37.0 Å². The lowest BCUT2D eigenvalue weighted by Gasteiger charge is -2.36. The molecule has 0 unspecified atom stereocenters. The Bertz CT molecular complexity index is 1620. The van der Waals surface area contributed by atoms with Gasteiger partial charge in [-0.3, -0.25) is 14.3 Å². The molecule has 4 atom stereocenters. The summed E-state index contributed by atoms with van der Waals surface area (Å²) in [5, 5.41) is 10.2. The molecule has 0 bridgehead atoms. The van der Waals surface area contributed by atoms with Crippen molar-refractivity contribution in [3.63, 3.8) is 0 Å². The van der Waals surface area contributed by atoms with Crippen molar-refractivity contribution in [3.8, 4) is 5.75 Å². The SMILES string of the molecule is C[C@H](CO)N1C[C@H](C)[C@@H](CN(C)C(=O)Cc2ccccc2)OCCCC[C@H](C)Oc2ccc(NS(=O)(=O)c3ccc(F)cc3)cc2C1=O. The topological polar surface area (TPSA) is 125 Å². The van der Waals surface area contributed by atoms with E-state index in [9.17, 15) is 27.5 Å². The van der Waals surface area contributed by atoms with Crippen LogP contribution in [0.1, 0.15) is 56.0 Å². The number of aliphatic hydroxyl groups excluding tert-OH is 1. The first-order valence-electron chi connectivity index (χ1n) is 16.3. The number of likely N-dealkylation sites (N-methyl/N-ethyl adjacent to an activating group) is 1. The van der Waals surface area contributed by atoms with E-state index in [4.69, 9.17) is 9.47 Å². The Morgan fingerprint density at radius 3 is 2.48 bits per heavy atom. The number of carbonyl (C=O) groups excluding carboxylic acids is 2. The Kier molecular flexibility index (Phi) is 13.0. The van der Waals surface area contributed by atoms with E-state index in [0.717, 1.165) is 42.7 Å². The number of sulfonamides is 1. The molecule has 1 aliphatic rings. The summed E-state index contributed by atoms with van der Waals surface area (Å²) in [5.41, 5.74) is 1.16. The van der Waals surface area contributed by atoms with E-state index >= 15 is 0 Å². The fraction of sp³-hybridized carbons (Fsp3) is 0.444. The molecule has 0 radical (unpaired) electrons. The number of nitrogens with zero attached hydrogens (tertiary/aromatic N) is 2. The molecule has 10 nitrogen and oxygen atoms in total. The van der Waals surface area contributed by atoms with Gasteiger partial charge >= 0.3 is 0 Å². The molecule has 3 aromatic carbocycles. The summed E-state index contributed by atoms with van der Waals surface area (Å²) in [6.07, 6.45) is 1.85. The number of hydrogen-bond donors (Lipinski definition) is 2. The fourth-order valence-corrected chi connectivity index (χ4v) is 6.60. The number of fused-ring (bicyclic) bond motifs is 1. The maximum atomic E-state index is 14.3. The van der Waals surface area contributed by atoms with Gasteiger partial charge in [-0.1, -0.05) is 37.3 Å². The number of ether oxygens (including phenoxy) is 2. The number of carbonyl (C=O) groups is 2. The normalized spacial score (nSPS) is 20.2. The summed E-state index contributed by atoms with van der Waals surface area (Å²) < 4.78 is 54.7. The zero-order chi connectivity index (χ0) is 34.8. The predicted molar refractivity (Wildman–Crippen MR) is 182 cm³/mol. The molecule has 12 heteroatoms. The lowest BCUT2D eigenvalue weighted by atomic mass is 10.0. The van der Waals surface area contributed by atoms with Crippen molar-refractivity contribution in [2.45, 2.75) is 69.6 Å². The number of aliphatic hydroxyl groups is 1. The van der Waals surface area contributed by atoms with E-state index in [-0.39, 0.29) is 59.4 Å². The highest BCUT2D eigenvalue weighted by molar-refractivity contribution is 7.92. The average Bonchev–Trinajstić information content (AvgIpc) is 3.06. The minimum atomic E-state index is -4.09. The standard InChI is InChI=1S/C36H46FN3O7S/c1-25-22-40(26(2)24-41)36(43)32-21-30(38-48(44,45)31-16-13-29(37)14-17-31)15-18-33(32)47-27(3)10-8-9-19-46-34(25)23-39(4)35(42)20-28-11-6-5-7-12-28/h5-7,11-18,21,25-27,34,38,41H,8-10,19-20,22-24H2,1-4H3/t25-,26+,27-,34+/m0/s1. The molecule has 0 aromatic heterocycles. The Morgan fingerprint density at radius 2 is 1.79 bits per heavy atom. The largest absolute Gasteiger partial charge is 0.490 e. The lowest BCUT2D eigenvalue weighted by Crippen LogP contribution is -2.48. The molecule has 1 heterocycles. The number of amides is 2. The summed E-state index contributed by atoms with van der Waals surface area (Å²) in [4.78, 5) is 30.5. The van der Waals surface area contributed by atoms with Gasteiger partial charge in [0.25, 0.3) is 15.9 Å². The van der Waals surface area contributed by atoms with Crippen molar-refractivity contribution in [1.82, 2.24) is 9.80 Å². The minimum Gasteiger partial charge on any atom is -0.490 e. The van der Waals surface area contributed by atoms with Crippen molar-refractivity contribution in [1.29, 1.82) is 0 Å². The second-order valence-electron chi connectivity index (χ2n) is 12.5. The number of halogens is 1. The lowest BCUT2D eigenvalue weighted by molar-refractivity contribution is -0.131. The van der Waals surface area contributed by atoms with Gasteiger partial charge in [0.15, 0.2) is 0 Å². The zero-order valence-electron chi connectivity index (χ0n) is 28.0. The van der Waals surface area contributed by atoms with Crippen molar-refractivity contribution >= 4 is 27.5 Å². The van der Waals surface area contributed by atoms with E-state index in [1.54, 1.807) is 24.9 Å². The number of benzene rings is 3. The highest BCUT2D eigenvalue weighted by Crippen LogP contribution is 2.29. The smallest absolute Gasteiger partial charge is 0.261 e. The van der Waals surface area contributed by atoms with Gasteiger partial charge in [-0.2, -0.15) is 0 Å². The summed E-state index contributed by atoms with van der Waals surface area (Å²) in [7, 11) is -2.35. The highest BCUT2D eigenvalue weighted by atomic mass is 32.2. The number of nitrogens with one attached hydrogen (secondary N) is 1. The molecule has 1 aliphatic heterocycles. The van der Waals surface area contributed by atoms with E-state index in [2.05, 4.69) is 4.72 Å². The van der Waals surface area contributed by atoms with E-state index < -0.39 is 33.9 Å². The highest BCUT2D eigenvalue weighted by Gasteiger charge is 2.31. The summed E-state index contributed by atoms with van der Waals surface area (Å²) in [5.74, 6) is -1.04. The Morgan fingerprint density at radius 1 is 1.08 bits per heavy atom. The third-order valence-corrected chi connectivity index (χ3v) is 9.90. The average molecular weight is 684 g/mol. The first-order valence-corrected chi connectivity index (χ1v) is 17.8. The molecule has 0 spiro atoms. The monoisotopic (exact) mass is 683 g/mol. The van der Waals surface area contributed by atoms with Crippen LogP contribution in [0.5, 0.6) is 5.75 Å².